The van der Waals surface area contributed by atoms with Crippen molar-refractivity contribution in [3.8, 4) is 0 Å². The molecule has 2 heterocycles. The Morgan fingerprint density at radius 1 is 1.46 bits per heavy atom. The van der Waals surface area contributed by atoms with Crippen molar-refractivity contribution in [2.45, 2.75) is 25.2 Å². The zero-order valence-electron chi connectivity index (χ0n) is 7.32. The molecule has 2 N–H and O–H groups in total. The Morgan fingerprint density at radius 2 is 2.38 bits per heavy atom. The van der Waals surface area contributed by atoms with Crippen molar-refractivity contribution in [3.05, 3.63) is 22.2 Å². The minimum absolute atomic E-state index is 0.396. The molecular weight excluding hydrogens is 182 g/mol. The maximum atomic E-state index is 4.31. The summed E-state index contributed by atoms with van der Waals surface area (Å²) in [4.78, 5) is 5.67. The van der Waals surface area contributed by atoms with Crippen LogP contribution in [0.3, 0.4) is 0 Å². The van der Waals surface area contributed by atoms with Crippen LogP contribution in [-0.4, -0.2) is 17.2 Å². The third kappa shape index (κ3) is 1.06. The summed E-state index contributed by atoms with van der Waals surface area (Å²) >= 11 is 1.74. The van der Waals surface area contributed by atoms with Crippen molar-refractivity contribution >= 4 is 17.4 Å². The minimum Gasteiger partial charge on any atom is -0.294 e. The van der Waals surface area contributed by atoms with E-state index in [1.807, 2.05) is 5.51 Å². The first-order valence-corrected chi connectivity index (χ1v) is 5.36. The second kappa shape index (κ2) is 2.64. The molecule has 1 aliphatic heterocycles. The molecule has 0 saturated carbocycles. The van der Waals surface area contributed by atoms with Crippen LogP contribution in [0.1, 0.15) is 23.5 Å². The van der Waals surface area contributed by atoms with Crippen LogP contribution in [0.25, 0.3) is 6.08 Å². The lowest BCUT2D eigenvalue weighted by atomic mass is 10.0. The monoisotopic (exact) mass is 193 g/mol. The van der Waals surface area contributed by atoms with Crippen LogP contribution in [0.2, 0.25) is 0 Å². The first-order chi connectivity index (χ1) is 6.34. The van der Waals surface area contributed by atoms with Crippen LogP contribution >= 0.6 is 11.3 Å². The highest BCUT2D eigenvalue weighted by Crippen LogP contribution is 2.33. The van der Waals surface area contributed by atoms with E-state index in [1.165, 1.54) is 4.88 Å². The number of hydrogen-bond donors (Lipinski definition) is 2. The molecule has 2 aliphatic rings. The second-order valence-corrected chi connectivity index (χ2v) is 4.41. The molecule has 4 heteroatoms. The summed E-state index contributed by atoms with van der Waals surface area (Å²) in [5, 5.41) is 6.97. The Hall–Kier alpha value is -0.710. The second-order valence-electron chi connectivity index (χ2n) is 3.52. The third-order valence-electron chi connectivity index (χ3n) is 2.60. The summed E-state index contributed by atoms with van der Waals surface area (Å²) in [6, 6.07) is 0.880. The summed E-state index contributed by atoms with van der Waals surface area (Å²) in [5.41, 5.74) is 3.05. The van der Waals surface area contributed by atoms with Gasteiger partial charge in [-0.1, -0.05) is 6.08 Å². The van der Waals surface area contributed by atoms with E-state index < -0.39 is 0 Å². The number of aromatic nitrogens is 1. The highest BCUT2D eigenvalue weighted by Gasteiger charge is 2.34. The topological polar surface area (TPSA) is 37.0 Å². The van der Waals surface area contributed by atoms with Crippen LogP contribution in [0, 0.1) is 0 Å². The molecule has 3 rings (SSSR count). The molecule has 3 atom stereocenters. The lowest BCUT2D eigenvalue weighted by Crippen LogP contribution is -2.29. The molecule has 0 amide bonds. The van der Waals surface area contributed by atoms with Crippen LogP contribution in [-0.2, 0) is 0 Å². The summed E-state index contributed by atoms with van der Waals surface area (Å²) in [6.45, 7) is 2.15. The van der Waals surface area contributed by atoms with Gasteiger partial charge < -0.3 is 0 Å². The van der Waals surface area contributed by atoms with Gasteiger partial charge in [0.05, 0.1) is 28.3 Å². The summed E-state index contributed by atoms with van der Waals surface area (Å²) in [5.74, 6) is 0. The first-order valence-electron chi connectivity index (χ1n) is 4.48. The standard InChI is InChI=1S/C9H11N3S/c1-5-11-6-2-3-7-9(8(6)12-5)13-4-10-7/h2-6,8,11-12H,1H3. The van der Waals surface area contributed by atoms with Gasteiger partial charge in [-0.2, -0.15) is 0 Å². The number of nitrogens with one attached hydrogen (secondary N) is 2. The molecule has 0 radical (unpaired) electrons. The van der Waals surface area contributed by atoms with Gasteiger partial charge >= 0.3 is 0 Å². The maximum Gasteiger partial charge on any atom is 0.0802 e. The predicted molar refractivity (Wildman–Crippen MR) is 53.4 cm³/mol. The molecule has 3 nitrogen and oxygen atoms in total. The molecule has 1 fully saturated rings. The van der Waals surface area contributed by atoms with E-state index in [0.717, 1.165) is 5.69 Å². The van der Waals surface area contributed by atoms with Crippen LogP contribution in [0.4, 0.5) is 0 Å². The predicted octanol–water partition coefficient (Wildman–Crippen LogP) is 1.12. The van der Waals surface area contributed by atoms with Crippen LogP contribution < -0.4 is 10.6 Å². The van der Waals surface area contributed by atoms with Crippen molar-refractivity contribution in [2.75, 3.05) is 0 Å². The van der Waals surface area contributed by atoms with Crippen LogP contribution in [0.5, 0.6) is 0 Å². The number of fused-ring (bicyclic) bond motifs is 3. The van der Waals surface area contributed by atoms with E-state index >= 15 is 0 Å². The largest absolute Gasteiger partial charge is 0.294 e. The fourth-order valence-electron chi connectivity index (χ4n) is 2.03. The molecule has 1 aromatic heterocycles. The van der Waals surface area contributed by atoms with E-state index in [1.54, 1.807) is 11.3 Å². The van der Waals surface area contributed by atoms with Crippen molar-refractivity contribution in [1.29, 1.82) is 0 Å². The fraction of sp³-hybridized carbons (Fsp3) is 0.444. The van der Waals surface area contributed by atoms with Gasteiger partial charge in [-0.25, -0.2) is 4.98 Å². The molecule has 68 valence electrons. The third-order valence-corrected chi connectivity index (χ3v) is 3.53. The van der Waals surface area contributed by atoms with E-state index in [4.69, 9.17) is 0 Å². The van der Waals surface area contributed by atoms with Gasteiger partial charge in [-0.05, 0) is 13.0 Å². The number of hydrogen-bond acceptors (Lipinski definition) is 4. The zero-order valence-corrected chi connectivity index (χ0v) is 8.14. The van der Waals surface area contributed by atoms with E-state index in [0.29, 0.717) is 18.2 Å². The molecular formula is C9H11N3S. The average Bonchev–Trinajstić information content (AvgIpc) is 2.65. The maximum absolute atomic E-state index is 4.31. The van der Waals surface area contributed by atoms with Crippen molar-refractivity contribution in [2.24, 2.45) is 0 Å². The molecule has 1 aliphatic carbocycles. The van der Waals surface area contributed by atoms with Gasteiger partial charge in [0.15, 0.2) is 0 Å². The Labute approximate surface area is 80.9 Å². The lowest BCUT2D eigenvalue weighted by Gasteiger charge is -2.18. The highest BCUT2D eigenvalue weighted by molar-refractivity contribution is 7.10. The number of nitrogens with zero attached hydrogens (tertiary/aromatic N) is 1. The van der Waals surface area contributed by atoms with E-state index in [-0.39, 0.29) is 0 Å². The quantitative estimate of drug-likeness (QED) is 0.648. The van der Waals surface area contributed by atoms with Crippen molar-refractivity contribution in [3.63, 3.8) is 0 Å². The lowest BCUT2D eigenvalue weighted by molar-refractivity contribution is 0.572. The SMILES string of the molecule is CC1NC2C=Cc3ncsc3C2N1. The Morgan fingerprint density at radius 3 is 3.31 bits per heavy atom. The fourth-order valence-corrected chi connectivity index (χ4v) is 2.91. The van der Waals surface area contributed by atoms with Gasteiger partial charge in [0.1, 0.15) is 0 Å². The molecule has 1 saturated heterocycles. The van der Waals surface area contributed by atoms with Gasteiger partial charge in [-0.15, -0.1) is 11.3 Å². The van der Waals surface area contributed by atoms with E-state index in [2.05, 4.69) is 34.7 Å². The minimum atomic E-state index is 0.396. The Bertz CT molecular complexity index is 357. The molecule has 13 heavy (non-hydrogen) atoms. The molecule has 3 unspecified atom stereocenters. The summed E-state index contributed by atoms with van der Waals surface area (Å²) in [6.07, 6.45) is 4.70. The first kappa shape index (κ1) is 7.67. The molecule has 0 aromatic carbocycles. The van der Waals surface area contributed by atoms with Gasteiger partial charge in [-0.3, -0.25) is 10.6 Å². The van der Waals surface area contributed by atoms with Crippen LogP contribution in [0.15, 0.2) is 11.6 Å². The molecule has 0 bridgehead atoms. The molecule has 1 aromatic rings. The van der Waals surface area contributed by atoms with E-state index in [9.17, 15) is 0 Å². The van der Waals surface area contributed by atoms with Gasteiger partial charge in [0.25, 0.3) is 0 Å². The Kier molecular flexibility index (Phi) is 1.56. The average molecular weight is 193 g/mol. The zero-order chi connectivity index (χ0) is 8.84. The Balaban J connectivity index is 2.05. The van der Waals surface area contributed by atoms with Crippen molar-refractivity contribution in [1.82, 2.24) is 15.6 Å². The summed E-state index contributed by atoms with van der Waals surface area (Å²) in [7, 11) is 0. The molecule has 0 spiro atoms. The smallest absolute Gasteiger partial charge is 0.0802 e. The number of thiazole rings is 1. The highest BCUT2D eigenvalue weighted by atomic mass is 32.1. The normalized spacial score (nSPS) is 35.9. The number of rotatable bonds is 0. The van der Waals surface area contributed by atoms with Crippen molar-refractivity contribution < 1.29 is 0 Å². The van der Waals surface area contributed by atoms with Gasteiger partial charge in [0.2, 0.25) is 0 Å². The summed E-state index contributed by atoms with van der Waals surface area (Å²) < 4.78 is 0. The van der Waals surface area contributed by atoms with Gasteiger partial charge in [0, 0.05) is 6.04 Å².